The Bertz CT molecular complexity index is 6650. The van der Waals surface area contributed by atoms with Crippen molar-refractivity contribution in [1.29, 1.82) is 0 Å². The first-order valence-electron chi connectivity index (χ1n) is 42.0. The van der Waals surface area contributed by atoms with Crippen molar-refractivity contribution in [2.24, 2.45) is 0 Å². The smallest absolute Gasteiger partial charge is 0.143 e. The quantitative estimate of drug-likeness (QED) is 0.0999. The van der Waals surface area contributed by atoms with Crippen LogP contribution in [-0.4, -0.2) is 34.5 Å². The molecule has 11 aromatic carbocycles. The third kappa shape index (κ3) is 20.2. The fourth-order valence-electron chi connectivity index (χ4n) is 15.3. The van der Waals surface area contributed by atoms with Gasteiger partial charge in [-0.3, -0.25) is 24.9 Å². The number of furan rings is 2. The number of pyridine rings is 5. The Hall–Kier alpha value is -15.7. The van der Waals surface area contributed by atoms with E-state index in [0.29, 0.717) is 0 Å². The zero-order valence-corrected chi connectivity index (χ0v) is 72.7. The van der Waals surface area contributed by atoms with Crippen molar-refractivity contribution in [2.75, 3.05) is 0 Å². The van der Waals surface area contributed by atoms with Gasteiger partial charge in [-0.25, -0.2) is 4.98 Å². The van der Waals surface area contributed by atoms with Crippen LogP contribution in [-0.2, 0) is 0 Å². The Balaban J connectivity index is 0.000000108. The summed E-state index contributed by atoms with van der Waals surface area (Å²) >= 11 is 5.30. The molecular weight excluding hydrogens is 1610 g/mol. The Labute approximate surface area is 753 Å². The molecule has 0 aliphatic rings. The molecule has 22 rings (SSSR count). The highest BCUT2D eigenvalue weighted by Crippen LogP contribution is 2.46. The van der Waals surface area contributed by atoms with Crippen molar-refractivity contribution in [2.45, 2.75) is 20.8 Å². The van der Waals surface area contributed by atoms with Gasteiger partial charge in [-0.2, -0.15) is 0 Å². The molecule has 0 atom stereocenters. The molecule has 0 bridgehead atoms. The Morgan fingerprint density at radius 2 is 0.638 bits per heavy atom. The highest BCUT2D eigenvalue weighted by molar-refractivity contribution is 7.15. The van der Waals surface area contributed by atoms with Crippen molar-refractivity contribution < 1.29 is 8.83 Å². The molecule has 0 saturated heterocycles. The van der Waals surface area contributed by atoms with Crippen molar-refractivity contribution >= 4 is 44.8 Å². The third-order valence-electron chi connectivity index (χ3n) is 21.4. The molecule has 0 saturated carbocycles. The van der Waals surface area contributed by atoms with E-state index in [1.807, 2.05) is 189 Å². The van der Waals surface area contributed by atoms with Gasteiger partial charge in [0.25, 0.3) is 0 Å². The second-order valence-corrected chi connectivity index (χ2v) is 32.4. The highest BCUT2D eigenvalue weighted by Gasteiger charge is 2.23. The number of rotatable bonds is 15. The number of hydrogen-bond acceptors (Lipinski definition) is 11. The summed E-state index contributed by atoms with van der Waals surface area (Å²) in [6.45, 7) is 6.33. The second-order valence-electron chi connectivity index (χ2n) is 29.7. The van der Waals surface area contributed by atoms with Gasteiger partial charge in [-0.15, -0.1) is 34.0 Å². The summed E-state index contributed by atoms with van der Waals surface area (Å²) in [4.78, 5) is 31.2. The van der Waals surface area contributed by atoms with E-state index in [2.05, 4.69) is 321 Å². The van der Waals surface area contributed by atoms with Gasteiger partial charge in [-0.1, -0.05) is 315 Å². The van der Waals surface area contributed by atoms with Gasteiger partial charge < -0.3 is 13.4 Å². The zero-order valence-electron chi connectivity index (χ0n) is 70.2. The number of thiophene rings is 3. The minimum Gasteiger partial charge on any atom is -0.464 e. The summed E-state index contributed by atoms with van der Waals surface area (Å²) in [5.41, 5.74) is 29.4. The molecule has 0 aliphatic carbocycles. The molecule has 0 spiro atoms. The molecule has 0 fully saturated rings. The standard InChI is InChI=1S/C22H17N.C21H18N2S.C21H15NO.C21H15NS.C15H11NO.C15H11NS/c1-16-9-11-17(12-10-16)20-14-18-6-2-3-7-19(18)15-21(20)22-8-4-5-13-23-22;1-15-20(22-16(2)23(15)18-11-7-4-8-12-18)19-13-14-24-21(19)17-9-5-3-6-10-17;2*1-3-9-16(10-4-1)18-15-23-21(17-11-5-2-6-12-17)20(18)19-13-7-8-14-22-19;2*1-2-6-12(7-3-1)15-13(9-11-17-15)14-8-4-5-10-16-14/h2-15H,1H3;3-14H,1-2H3;2*1-15H;2*1-11H. The number of fused-ring (bicyclic) bond motifs is 1. The number of nitrogens with zero attached hydrogens (tertiary/aromatic N) is 7. The van der Waals surface area contributed by atoms with Crippen LogP contribution in [0.4, 0.5) is 0 Å². The monoisotopic (exact) mass is 1690 g/mol. The molecule has 127 heavy (non-hydrogen) atoms. The first-order valence-corrected chi connectivity index (χ1v) is 44.6. The Morgan fingerprint density at radius 3 is 1.13 bits per heavy atom. The molecule has 0 aliphatic heterocycles. The van der Waals surface area contributed by atoms with Gasteiger partial charge in [0, 0.05) is 107 Å². The first-order chi connectivity index (χ1) is 62.8. The summed E-state index contributed by atoms with van der Waals surface area (Å²) in [6, 6.07) is 141. The van der Waals surface area contributed by atoms with Crippen molar-refractivity contribution in [3.63, 3.8) is 0 Å². The van der Waals surface area contributed by atoms with E-state index in [1.54, 1.807) is 46.5 Å². The van der Waals surface area contributed by atoms with Gasteiger partial charge in [-0.05, 0) is 190 Å². The minimum absolute atomic E-state index is 0.850. The summed E-state index contributed by atoms with van der Waals surface area (Å²) in [6.07, 6.45) is 12.7. The lowest BCUT2D eigenvalue weighted by Crippen LogP contribution is -1.98. The fourth-order valence-corrected chi connectivity index (χ4v) is 18.2. The van der Waals surface area contributed by atoms with Crippen LogP contribution in [0.3, 0.4) is 0 Å². The van der Waals surface area contributed by atoms with E-state index >= 15 is 0 Å². The number of aromatic nitrogens is 7. The first kappa shape index (κ1) is 83.6. The average molecular weight is 1700 g/mol. The van der Waals surface area contributed by atoms with Gasteiger partial charge in [0.1, 0.15) is 17.3 Å². The SMILES string of the molecule is Cc1ccc(-c2cc3ccccc3cc2-c2ccccn2)cc1.Cc1nc(-c2ccsc2-c2ccccc2)c(C)n1-c1ccccc1.c1ccc(-c2coc(-c3ccccc3)c2-c2ccccn2)cc1.c1ccc(-c2csc(-c3ccccc3)c2-c2ccccn2)cc1.c1ccc(-c2occc2-c2ccccn2)cc1.c1ccc(-c2sccc2-c2ccccn2)cc1. The minimum atomic E-state index is 0.850. The van der Waals surface area contributed by atoms with Gasteiger partial charge in [0.2, 0.25) is 0 Å². The van der Waals surface area contributed by atoms with E-state index in [1.165, 1.54) is 97.9 Å². The van der Waals surface area contributed by atoms with E-state index in [9.17, 15) is 0 Å². The lowest BCUT2D eigenvalue weighted by Gasteiger charge is -2.12. The molecule has 22 aromatic rings. The molecule has 9 nitrogen and oxygen atoms in total. The maximum absolute atomic E-state index is 5.95. The maximum Gasteiger partial charge on any atom is 0.143 e. The van der Waals surface area contributed by atoms with Crippen molar-refractivity contribution in [3.05, 3.63) is 489 Å². The lowest BCUT2D eigenvalue weighted by molar-refractivity contribution is 0.583. The van der Waals surface area contributed by atoms with Gasteiger partial charge in [0.05, 0.1) is 52.3 Å². The molecule has 11 heterocycles. The third-order valence-corrected chi connectivity index (χ3v) is 24.3. The van der Waals surface area contributed by atoms with E-state index < -0.39 is 0 Å². The highest BCUT2D eigenvalue weighted by atomic mass is 32.1. The number of para-hydroxylation sites is 1. The molecular formula is C115H87N7O2S3. The Kier molecular flexibility index (Phi) is 27.3. The predicted molar refractivity (Wildman–Crippen MR) is 531 cm³/mol. The van der Waals surface area contributed by atoms with Gasteiger partial charge >= 0.3 is 0 Å². The largest absolute Gasteiger partial charge is 0.464 e. The van der Waals surface area contributed by atoms with Crippen molar-refractivity contribution in [3.8, 4) is 161 Å². The van der Waals surface area contributed by atoms with Crippen molar-refractivity contribution in [1.82, 2.24) is 34.5 Å². The lowest BCUT2D eigenvalue weighted by atomic mass is 9.93. The predicted octanol–water partition coefficient (Wildman–Crippen LogP) is 32.1. The molecule has 0 amide bonds. The summed E-state index contributed by atoms with van der Waals surface area (Å²) in [5, 5.41) is 8.99. The van der Waals surface area contributed by atoms with E-state index in [-0.39, 0.29) is 0 Å². The number of imidazole rings is 1. The topological polar surface area (TPSA) is 109 Å². The van der Waals surface area contributed by atoms with Crippen LogP contribution in [0, 0.1) is 20.8 Å². The molecule has 12 heteroatoms. The number of aryl methyl sites for hydroxylation is 2. The molecule has 612 valence electrons. The van der Waals surface area contributed by atoms with Crippen LogP contribution in [0.5, 0.6) is 0 Å². The average Bonchev–Trinajstić information content (AvgIpc) is 1.03. The fraction of sp³-hybridized carbons (Fsp3) is 0.0261. The maximum atomic E-state index is 5.95. The molecule has 0 unspecified atom stereocenters. The molecule has 11 aromatic heterocycles. The van der Waals surface area contributed by atoms with Gasteiger partial charge in [0.15, 0.2) is 0 Å². The zero-order chi connectivity index (χ0) is 86.1. The van der Waals surface area contributed by atoms with Crippen LogP contribution in [0.15, 0.2) is 481 Å². The summed E-state index contributed by atoms with van der Waals surface area (Å²) in [7, 11) is 0. The van der Waals surface area contributed by atoms with Crippen LogP contribution in [0.2, 0.25) is 0 Å². The second kappa shape index (κ2) is 41.4. The number of benzene rings is 11. The van der Waals surface area contributed by atoms with Crippen LogP contribution in [0.1, 0.15) is 17.1 Å². The van der Waals surface area contributed by atoms with E-state index in [4.69, 9.17) is 13.8 Å². The van der Waals surface area contributed by atoms with Crippen LogP contribution in [0.25, 0.3) is 171 Å². The molecule has 0 radical (unpaired) electrons. The normalized spacial score (nSPS) is 10.6. The van der Waals surface area contributed by atoms with Crippen LogP contribution >= 0.6 is 34.0 Å². The number of hydrogen-bond donors (Lipinski definition) is 0. The Morgan fingerprint density at radius 1 is 0.260 bits per heavy atom. The molecule has 0 N–H and O–H groups in total. The van der Waals surface area contributed by atoms with Crippen LogP contribution < -0.4 is 0 Å². The summed E-state index contributed by atoms with van der Waals surface area (Å²) in [5.74, 6) is 2.73. The summed E-state index contributed by atoms with van der Waals surface area (Å²) < 4.78 is 13.7. The van der Waals surface area contributed by atoms with E-state index in [0.717, 1.165) is 90.6 Å².